The standard InChI is InChI=1S/C14H16N2/c1-2-3-7-12(15)14-10-9-11-6-4-5-8-13(11)16-14/h2,4-6,8-10,12H,1,3,7,15H2. The third-order valence-corrected chi connectivity index (χ3v) is 2.68. The first-order valence-electron chi connectivity index (χ1n) is 5.53. The third-order valence-electron chi connectivity index (χ3n) is 2.68. The molecule has 0 radical (unpaired) electrons. The van der Waals surface area contributed by atoms with Crippen LogP contribution in [0.1, 0.15) is 24.6 Å². The van der Waals surface area contributed by atoms with E-state index in [9.17, 15) is 0 Å². The van der Waals surface area contributed by atoms with E-state index in [1.807, 2.05) is 30.3 Å². The van der Waals surface area contributed by atoms with Gasteiger partial charge in [0.05, 0.1) is 11.2 Å². The van der Waals surface area contributed by atoms with E-state index in [4.69, 9.17) is 5.73 Å². The van der Waals surface area contributed by atoms with Crippen LogP contribution < -0.4 is 5.73 Å². The molecule has 1 unspecified atom stereocenters. The van der Waals surface area contributed by atoms with Crippen molar-refractivity contribution in [3.05, 3.63) is 54.7 Å². The first-order valence-corrected chi connectivity index (χ1v) is 5.53. The highest BCUT2D eigenvalue weighted by Gasteiger charge is 2.06. The van der Waals surface area contributed by atoms with E-state index in [0.717, 1.165) is 29.4 Å². The van der Waals surface area contributed by atoms with Crippen LogP contribution in [0.3, 0.4) is 0 Å². The van der Waals surface area contributed by atoms with Crippen LogP contribution in [-0.4, -0.2) is 4.98 Å². The third kappa shape index (κ3) is 2.28. The van der Waals surface area contributed by atoms with Gasteiger partial charge in [-0.25, -0.2) is 0 Å². The molecule has 1 atom stereocenters. The maximum atomic E-state index is 6.06. The molecule has 0 saturated carbocycles. The Hall–Kier alpha value is -1.67. The molecule has 0 fully saturated rings. The molecule has 2 heteroatoms. The van der Waals surface area contributed by atoms with Gasteiger partial charge in [-0.1, -0.05) is 30.3 Å². The average Bonchev–Trinajstić information content (AvgIpc) is 2.35. The van der Waals surface area contributed by atoms with Gasteiger partial charge in [0.1, 0.15) is 0 Å². The SMILES string of the molecule is C=CCCC(N)c1ccc2ccccc2n1. The van der Waals surface area contributed by atoms with Gasteiger partial charge >= 0.3 is 0 Å². The van der Waals surface area contributed by atoms with Crippen LogP contribution in [-0.2, 0) is 0 Å². The lowest BCUT2D eigenvalue weighted by Crippen LogP contribution is -2.11. The fraction of sp³-hybridized carbons (Fsp3) is 0.214. The highest BCUT2D eigenvalue weighted by atomic mass is 14.8. The number of nitrogens with zero attached hydrogens (tertiary/aromatic N) is 1. The molecule has 1 aromatic heterocycles. The summed E-state index contributed by atoms with van der Waals surface area (Å²) in [6.45, 7) is 3.70. The molecule has 0 spiro atoms. The number of aromatic nitrogens is 1. The Labute approximate surface area is 95.8 Å². The highest BCUT2D eigenvalue weighted by molar-refractivity contribution is 5.78. The highest BCUT2D eigenvalue weighted by Crippen LogP contribution is 2.18. The molecule has 1 aromatic carbocycles. The summed E-state index contributed by atoms with van der Waals surface area (Å²) < 4.78 is 0. The lowest BCUT2D eigenvalue weighted by Gasteiger charge is -2.10. The summed E-state index contributed by atoms with van der Waals surface area (Å²) in [7, 11) is 0. The Bertz CT molecular complexity index is 491. The zero-order chi connectivity index (χ0) is 11.4. The van der Waals surface area contributed by atoms with Crippen molar-refractivity contribution >= 4 is 10.9 Å². The van der Waals surface area contributed by atoms with E-state index in [0.29, 0.717) is 0 Å². The molecule has 0 aliphatic heterocycles. The second kappa shape index (κ2) is 4.90. The number of hydrogen-bond acceptors (Lipinski definition) is 2. The predicted molar refractivity (Wildman–Crippen MR) is 68.1 cm³/mol. The van der Waals surface area contributed by atoms with Crippen molar-refractivity contribution in [3.8, 4) is 0 Å². The van der Waals surface area contributed by atoms with Gasteiger partial charge in [-0.05, 0) is 25.0 Å². The van der Waals surface area contributed by atoms with E-state index in [1.165, 1.54) is 0 Å². The molecule has 0 aliphatic carbocycles. The van der Waals surface area contributed by atoms with Crippen molar-refractivity contribution in [1.29, 1.82) is 0 Å². The summed E-state index contributed by atoms with van der Waals surface area (Å²) in [5, 5.41) is 1.15. The van der Waals surface area contributed by atoms with Crippen molar-refractivity contribution in [3.63, 3.8) is 0 Å². The van der Waals surface area contributed by atoms with E-state index in [2.05, 4.69) is 23.7 Å². The number of fused-ring (bicyclic) bond motifs is 1. The lowest BCUT2D eigenvalue weighted by molar-refractivity contribution is 0.645. The van der Waals surface area contributed by atoms with Crippen molar-refractivity contribution in [2.75, 3.05) is 0 Å². The summed E-state index contributed by atoms with van der Waals surface area (Å²) in [5.74, 6) is 0. The van der Waals surface area contributed by atoms with E-state index >= 15 is 0 Å². The largest absolute Gasteiger partial charge is 0.323 e. The first kappa shape index (κ1) is 10.8. The van der Waals surface area contributed by atoms with Crippen LogP contribution in [0.2, 0.25) is 0 Å². The molecule has 1 heterocycles. The predicted octanol–water partition coefficient (Wildman–Crippen LogP) is 3.20. The molecule has 0 saturated heterocycles. The Morgan fingerprint density at radius 3 is 2.88 bits per heavy atom. The monoisotopic (exact) mass is 212 g/mol. The van der Waals surface area contributed by atoms with E-state index in [-0.39, 0.29) is 6.04 Å². The van der Waals surface area contributed by atoms with Crippen LogP contribution >= 0.6 is 0 Å². The van der Waals surface area contributed by atoms with Crippen LogP contribution in [0.25, 0.3) is 10.9 Å². The zero-order valence-corrected chi connectivity index (χ0v) is 9.26. The van der Waals surface area contributed by atoms with Gasteiger partial charge in [0, 0.05) is 11.4 Å². The Kier molecular flexibility index (Phi) is 3.32. The summed E-state index contributed by atoms with van der Waals surface area (Å²) in [4.78, 5) is 4.57. The average molecular weight is 212 g/mol. The number of allylic oxidation sites excluding steroid dienone is 1. The first-order chi connectivity index (χ1) is 7.81. The molecule has 16 heavy (non-hydrogen) atoms. The molecule has 0 bridgehead atoms. The summed E-state index contributed by atoms with van der Waals surface area (Å²) >= 11 is 0. The topological polar surface area (TPSA) is 38.9 Å². The number of benzene rings is 1. The van der Waals surface area contributed by atoms with E-state index in [1.54, 1.807) is 0 Å². The van der Waals surface area contributed by atoms with Crippen molar-refractivity contribution in [1.82, 2.24) is 4.98 Å². The van der Waals surface area contributed by atoms with Crippen molar-refractivity contribution < 1.29 is 0 Å². The Morgan fingerprint density at radius 2 is 2.06 bits per heavy atom. The van der Waals surface area contributed by atoms with Gasteiger partial charge in [0.15, 0.2) is 0 Å². The van der Waals surface area contributed by atoms with Crippen molar-refractivity contribution in [2.24, 2.45) is 5.73 Å². The molecule has 0 aliphatic rings. The second-order valence-corrected chi connectivity index (χ2v) is 3.90. The molecule has 0 amide bonds. The summed E-state index contributed by atoms with van der Waals surface area (Å²) in [6.07, 6.45) is 3.71. The van der Waals surface area contributed by atoms with Crippen LogP contribution in [0.5, 0.6) is 0 Å². The number of nitrogens with two attached hydrogens (primary N) is 1. The van der Waals surface area contributed by atoms with Gasteiger partial charge in [0.2, 0.25) is 0 Å². The fourth-order valence-corrected chi connectivity index (χ4v) is 1.73. The number of para-hydroxylation sites is 1. The quantitative estimate of drug-likeness (QED) is 0.790. The number of pyridine rings is 1. The van der Waals surface area contributed by atoms with Gasteiger partial charge < -0.3 is 5.73 Å². The van der Waals surface area contributed by atoms with Crippen molar-refractivity contribution in [2.45, 2.75) is 18.9 Å². The van der Waals surface area contributed by atoms with Gasteiger partial charge in [-0.2, -0.15) is 0 Å². The Morgan fingerprint density at radius 1 is 1.25 bits per heavy atom. The molecule has 2 nitrogen and oxygen atoms in total. The lowest BCUT2D eigenvalue weighted by atomic mass is 10.1. The molecule has 2 aromatic rings. The maximum Gasteiger partial charge on any atom is 0.0706 e. The minimum atomic E-state index is 0.00241. The summed E-state index contributed by atoms with van der Waals surface area (Å²) in [6, 6.07) is 12.2. The minimum Gasteiger partial charge on any atom is -0.323 e. The fourth-order valence-electron chi connectivity index (χ4n) is 1.73. The minimum absolute atomic E-state index is 0.00241. The van der Waals surface area contributed by atoms with Gasteiger partial charge in [-0.3, -0.25) is 4.98 Å². The molecule has 2 N–H and O–H groups in total. The normalized spacial score (nSPS) is 12.6. The Balaban J connectivity index is 2.28. The number of rotatable bonds is 4. The molecular formula is C14H16N2. The van der Waals surface area contributed by atoms with Crippen LogP contribution in [0.4, 0.5) is 0 Å². The maximum absolute atomic E-state index is 6.06. The molecule has 82 valence electrons. The van der Waals surface area contributed by atoms with E-state index < -0.39 is 0 Å². The molecular weight excluding hydrogens is 196 g/mol. The zero-order valence-electron chi connectivity index (χ0n) is 9.26. The van der Waals surface area contributed by atoms with Gasteiger partial charge in [0.25, 0.3) is 0 Å². The molecule has 2 rings (SSSR count). The number of hydrogen-bond donors (Lipinski definition) is 1. The second-order valence-electron chi connectivity index (χ2n) is 3.90. The van der Waals surface area contributed by atoms with Crippen LogP contribution in [0, 0.1) is 0 Å². The summed E-state index contributed by atoms with van der Waals surface area (Å²) in [5.41, 5.74) is 8.03. The smallest absolute Gasteiger partial charge is 0.0706 e. The van der Waals surface area contributed by atoms with Gasteiger partial charge in [-0.15, -0.1) is 6.58 Å². The van der Waals surface area contributed by atoms with Crippen LogP contribution in [0.15, 0.2) is 49.1 Å².